The molecule has 282 valence electrons. The van der Waals surface area contributed by atoms with Crippen molar-refractivity contribution in [3.8, 4) is 11.5 Å². The first-order valence-electron chi connectivity index (χ1n) is 8.22. The van der Waals surface area contributed by atoms with Gasteiger partial charge in [-0.15, -0.1) is 0 Å². The van der Waals surface area contributed by atoms with E-state index in [0.717, 1.165) is 12.1 Å². The van der Waals surface area contributed by atoms with Gasteiger partial charge in [0.2, 0.25) is 0 Å². The van der Waals surface area contributed by atoms with Gasteiger partial charge in [0, 0.05) is 30.3 Å². The molecule has 0 aliphatic carbocycles. The van der Waals surface area contributed by atoms with Crippen LogP contribution in [0.15, 0.2) is 58.6 Å². The average Bonchev–Trinajstić information content (AvgIpc) is 2.72. The van der Waals surface area contributed by atoms with E-state index in [1.54, 1.807) is 45.2 Å². The second-order valence-corrected chi connectivity index (χ2v) is 11.1. The fraction of sp³-hybridized carbons (Fsp3) is 0. The third kappa shape index (κ3) is 17.7. The summed E-state index contributed by atoms with van der Waals surface area (Å²) in [5, 5.41) is 23.4. The number of halogens is 2. The van der Waals surface area contributed by atoms with E-state index >= 15 is 0 Å². The summed E-state index contributed by atoms with van der Waals surface area (Å²) in [5.41, 5.74) is 0.00708. The molecule has 0 spiro atoms. The van der Waals surface area contributed by atoms with E-state index in [1.807, 2.05) is 0 Å². The van der Waals surface area contributed by atoms with Gasteiger partial charge in [-0.05, 0) is 69.4 Å². The Bertz CT molecular complexity index is 1490. The van der Waals surface area contributed by atoms with Crippen molar-refractivity contribution >= 4 is 87.2 Å². The van der Waals surface area contributed by atoms with E-state index in [0.29, 0.717) is 0 Å². The largest absolute Gasteiger partial charge is 2.00 e. The zero-order valence-electron chi connectivity index (χ0n) is 22.3. The second kappa shape index (κ2) is 31.0. The van der Waals surface area contributed by atoms with Crippen molar-refractivity contribution in [1.82, 2.24) is 9.97 Å². The summed E-state index contributed by atoms with van der Waals surface area (Å²) in [6.07, 6.45) is 2.75. The van der Waals surface area contributed by atoms with Crippen molar-refractivity contribution in [1.29, 1.82) is 0 Å². The molecule has 0 unspecified atom stereocenters. The summed E-state index contributed by atoms with van der Waals surface area (Å²) in [6.45, 7) is 0. The SMILES string of the molecule is O.O.O.O.O.O.O.O.O=S(=O)([O-])c1cc(I)c([O-])c2ncccc12.O=S(=O)([O-])c1cc(I)c([O-])c2ncccc12.[Cu+2].[Cu+2].[OH3+].[OH3+].[OH3+].[OH3+]. The van der Waals surface area contributed by atoms with Crippen LogP contribution in [0.4, 0.5) is 0 Å². The third-order valence-corrected chi connectivity index (χ3v) is 7.42. The first-order chi connectivity index (χ1) is 14.8. The molecular weight excluding hydrogens is 1010 g/mol. The first kappa shape index (κ1) is 79.8. The van der Waals surface area contributed by atoms with Crippen molar-refractivity contribution in [3.63, 3.8) is 0 Å². The summed E-state index contributed by atoms with van der Waals surface area (Å²) >= 11 is 3.36. The summed E-state index contributed by atoms with van der Waals surface area (Å²) in [4.78, 5) is 6.78. The molecule has 0 atom stereocenters. The molecular formula is C18H36Cu2I2N2O20S2+4. The Morgan fingerprint density at radius 2 is 0.783 bits per heavy atom. The van der Waals surface area contributed by atoms with Gasteiger partial charge in [0.25, 0.3) is 0 Å². The Balaban J connectivity index is -0.0000000385. The summed E-state index contributed by atoms with van der Waals surface area (Å²) in [7, 11) is -9.20. The molecule has 0 saturated heterocycles. The van der Waals surface area contributed by atoms with Gasteiger partial charge >= 0.3 is 34.1 Å². The van der Waals surface area contributed by atoms with E-state index in [1.165, 1.54) is 36.7 Å². The number of nitrogens with zero attached hydrogens (tertiary/aromatic N) is 2. The molecule has 46 heavy (non-hydrogen) atoms. The number of rotatable bonds is 2. The number of fused-ring (bicyclic) bond motifs is 2. The third-order valence-electron chi connectivity index (χ3n) is 4.06. The van der Waals surface area contributed by atoms with Gasteiger partial charge in [0.1, 0.15) is 20.2 Å². The molecule has 0 fully saturated rings. The summed E-state index contributed by atoms with van der Waals surface area (Å²) in [6, 6.07) is 7.90. The van der Waals surface area contributed by atoms with Gasteiger partial charge in [-0.25, -0.2) is 16.8 Å². The van der Waals surface area contributed by atoms with Crippen molar-refractivity contribution in [2.24, 2.45) is 0 Å². The monoisotopic (exact) mass is 1040 g/mol. The fourth-order valence-corrected chi connectivity index (χ4v) is 5.68. The van der Waals surface area contributed by atoms with Crippen molar-refractivity contribution in [2.75, 3.05) is 0 Å². The molecule has 2 aromatic heterocycles. The van der Waals surface area contributed by atoms with Gasteiger partial charge < -0.3 is 85.0 Å². The maximum absolute atomic E-state index is 11.6. The number of aromatic nitrogens is 2. The molecule has 2 aromatic carbocycles. The van der Waals surface area contributed by atoms with Crippen LogP contribution in [0, 0.1) is 7.14 Å². The normalized spacial score (nSPS) is 8.26. The average molecular weight is 1050 g/mol. The quantitative estimate of drug-likeness (QED) is 0.0790. The molecule has 0 amide bonds. The Morgan fingerprint density at radius 1 is 0.543 bits per heavy atom. The topological polar surface area (TPSA) is 570 Å². The van der Waals surface area contributed by atoms with Crippen LogP contribution in [-0.4, -0.2) is 79.7 Å². The molecule has 2 radical (unpaired) electrons. The van der Waals surface area contributed by atoms with Gasteiger partial charge in [-0.2, -0.15) is 0 Å². The van der Waals surface area contributed by atoms with E-state index < -0.39 is 30.0 Å². The van der Waals surface area contributed by atoms with Crippen molar-refractivity contribution in [3.05, 3.63) is 55.9 Å². The zero-order valence-corrected chi connectivity index (χ0v) is 30.1. The minimum atomic E-state index is -4.60. The molecule has 28 heteroatoms. The molecule has 0 aliphatic rings. The minimum absolute atomic E-state index is 0. The standard InChI is InChI=1S/2C9H6INO4S.2Cu.12H2O/c2*10-6-4-7(16(13,14)15)5-2-1-3-11-8(5)9(6)12;;;;;;;;;;;;;;/h2*1-4,12H,(H,13,14,15);;;12*1H2/q;;2*+2;;;;;;;;;;;;. The Hall–Kier alpha value is -1.30. The molecule has 4 rings (SSSR count). The molecule has 2 heterocycles. The Kier molecular flexibility index (Phi) is 53.8. The van der Waals surface area contributed by atoms with Crippen LogP contribution in [0.25, 0.3) is 21.8 Å². The van der Waals surface area contributed by atoms with Crippen LogP contribution < -0.4 is 10.2 Å². The number of hydrogen-bond donors (Lipinski definition) is 0. The van der Waals surface area contributed by atoms with E-state index in [4.69, 9.17) is 0 Å². The van der Waals surface area contributed by atoms with E-state index in [-0.39, 0.29) is 140 Å². The molecule has 0 aliphatic heterocycles. The van der Waals surface area contributed by atoms with Crippen LogP contribution >= 0.6 is 45.2 Å². The fourth-order valence-electron chi connectivity index (χ4n) is 2.73. The molecule has 0 saturated carbocycles. The smallest absolute Gasteiger partial charge is 0.870 e. The maximum atomic E-state index is 11.6. The first-order valence-corrected chi connectivity index (χ1v) is 13.2. The molecule has 28 N–H and O–H groups in total. The van der Waals surface area contributed by atoms with Gasteiger partial charge in [-0.3, -0.25) is 9.97 Å². The maximum Gasteiger partial charge on any atom is 2.00 e. The minimum Gasteiger partial charge on any atom is -0.870 e. The number of benzene rings is 2. The zero-order chi connectivity index (χ0) is 23.8. The van der Waals surface area contributed by atoms with Crippen LogP contribution in [0.5, 0.6) is 11.5 Å². The predicted octanol–water partition coefficient (Wildman–Crippen LogP) is -8.66. The second-order valence-electron chi connectivity index (χ2n) is 6.08. The van der Waals surface area contributed by atoms with Crippen LogP contribution in [-0.2, 0) is 76.3 Å². The van der Waals surface area contributed by atoms with E-state index in [9.17, 15) is 36.2 Å². The van der Waals surface area contributed by atoms with Gasteiger partial charge in [-0.1, -0.05) is 23.6 Å². The van der Waals surface area contributed by atoms with Crippen molar-refractivity contribution < 1.29 is 136 Å². The molecule has 0 bridgehead atoms. The molecule has 4 aromatic rings. The Morgan fingerprint density at radius 3 is 1.00 bits per heavy atom. The van der Waals surface area contributed by atoms with Crippen molar-refractivity contribution in [2.45, 2.75) is 9.79 Å². The Labute approximate surface area is 308 Å². The number of pyridine rings is 2. The van der Waals surface area contributed by atoms with Gasteiger partial charge in [0.15, 0.2) is 0 Å². The molecule has 22 nitrogen and oxygen atoms in total. The van der Waals surface area contributed by atoms with Crippen LogP contribution in [0.2, 0.25) is 0 Å². The summed E-state index contributed by atoms with van der Waals surface area (Å²) in [5.74, 6) is -0.743. The van der Waals surface area contributed by atoms with Crippen LogP contribution in [0.3, 0.4) is 0 Å². The predicted molar refractivity (Wildman–Crippen MR) is 172 cm³/mol. The van der Waals surface area contributed by atoms with E-state index in [2.05, 4.69) is 9.97 Å². The number of hydrogen-bond acceptors (Lipinski definition) is 10. The summed E-state index contributed by atoms with van der Waals surface area (Å²) < 4.78 is 66.5. The van der Waals surface area contributed by atoms with Crippen LogP contribution in [0.1, 0.15) is 0 Å². The van der Waals surface area contributed by atoms with Gasteiger partial charge in [0.05, 0.1) is 20.8 Å².